The molecule has 3 N–H and O–H groups in total. The summed E-state index contributed by atoms with van der Waals surface area (Å²) in [5, 5.41) is 6.80. The molecule has 0 aliphatic carbocycles. The van der Waals surface area contributed by atoms with Crippen molar-refractivity contribution >= 4 is 44.7 Å². The van der Waals surface area contributed by atoms with Crippen LogP contribution in [0.25, 0.3) is 0 Å². The van der Waals surface area contributed by atoms with E-state index in [0.29, 0.717) is 21.9 Å². The first kappa shape index (κ1) is 14.0. The van der Waals surface area contributed by atoms with Crippen molar-refractivity contribution in [1.29, 1.82) is 0 Å². The minimum absolute atomic E-state index is 0.156. The second-order valence-electron chi connectivity index (χ2n) is 4.34. The van der Waals surface area contributed by atoms with E-state index < -0.39 is 0 Å². The van der Waals surface area contributed by atoms with E-state index in [0.717, 1.165) is 16.0 Å². The van der Waals surface area contributed by atoms with Crippen molar-refractivity contribution in [3.8, 4) is 0 Å². The second-order valence-corrected chi connectivity index (χ2v) is 5.94. The van der Waals surface area contributed by atoms with Crippen LogP contribution in [0.3, 0.4) is 0 Å². The maximum absolute atomic E-state index is 12.2. The first-order valence-corrected chi connectivity index (χ1v) is 7.24. The summed E-state index contributed by atoms with van der Waals surface area (Å²) in [6, 6.07) is 5.25. The lowest BCUT2D eigenvalue weighted by Gasteiger charge is -2.08. The molecule has 0 saturated heterocycles. The Bertz CT molecular complexity index is 612. The molecule has 5 nitrogen and oxygen atoms in total. The van der Waals surface area contributed by atoms with Gasteiger partial charge in [0, 0.05) is 10.2 Å². The van der Waals surface area contributed by atoms with E-state index in [9.17, 15) is 4.79 Å². The molecule has 19 heavy (non-hydrogen) atoms. The van der Waals surface area contributed by atoms with Gasteiger partial charge in [-0.15, -0.1) is 5.10 Å². The molecule has 1 aromatic heterocycles. The Labute approximate surface area is 123 Å². The number of hydrogen-bond acceptors (Lipinski definition) is 5. The van der Waals surface area contributed by atoms with Gasteiger partial charge in [-0.3, -0.25) is 4.79 Å². The molecule has 7 heteroatoms. The van der Waals surface area contributed by atoms with Gasteiger partial charge in [0.1, 0.15) is 4.88 Å². The Morgan fingerprint density at radius 1 is 1.47 bits per heavy atom. The monoisotopic (exact) mass is 340 g/mol. The molecule has 2 rings (SSSR count). The predicted molar refractivity (Wildman–Crippen MR) is 80.5 cm³/mol. The summed E-state index contributed by atoms with van der Waals surface area (Å²) < 4.78 is 4.62. The van der Waals surface area contributed by atoms with E-state index in [1.54, 1.807) is 18.2 Å². The molecule has 0 aliphatic heterocycles. The number of rotatable bonds is 3. The fourth-order valence-electron chi connectivity index (χ4n) is 1.55. The number of carbonyl (C=O) groups is 1. The minimum Gasteiger partial charge on any atom is -0.399 e. The van der Waals surface area contributed by atoms with E-state index >= 15 is 0 Å². The lowest BCUT2D eigenvalue weighted by Crippen LogP contribution is -2.13. The van der Waals surface area contributed by atoms with Crippen LogP contribution in [0.5, 0.6) is 0 Å². The smallest absolute Gasteiger partial charge is 0.269 e. The van der Waals surface area contributed by atoms with Crippen LogP contribution in [0.15, 0.2) is 22.7 Å². The molecule has 0 bridgehead atoms. The van der Waals surface area contributed by atoms with E-state index in [1.807, 2.05) is 13.8 Å². The van der Waals surface area contributed by atoms with Crippen LogP contribution in [-0.4, -0.2) is 15.5 Å². The van der Waals surface area contributed by atoms with Crippen molar-refractivity contribution in [2.75, 3.05) is 11.1 Å². The zero-order valence-corrected chi connectivity index (χ0v) is 12.9. The average Bonchev–Trinajstić information content (AvgIpc) is 2.83. The first-order valence-electron chi connectivity index (χ1n) is 5.67. The number of nitrogens with two attached hydrogens (primary N) is 1. The number of nitrogen functional groups attached to an aromatic ring is 1. The largest absolute Gasteiger partial charge is 0.399 e. The molecule has 1 heterocycles. The molecule has 1 amide bonds. The Morgan fingerprint density at radius 2 is 2.21 bits per heavy atom. The minimum atomic E-state index is -0.218. The van der Waals surface area contributed by atoms with Gasteiger partial charge in [-0.25, -0.2) is 0 Å². The van der Waals surface area contributed by atoms with Gasteiger partial charge in [0.2, 0.25) is 0 Å². The molecule has 0 atom stereocenters. The van der Waals surface area contributed by atoms with Crippen molar-refractivity contribution in [2.24, 2.45) is 0 Å². The highest BCUT2D eigenvalue weighted by molar-refractivity contribution is 9.10. The molecule has 100 valence electrons. The first-order chi connectivity index (χ1) is 8.99. The molecule has 0 fully saturated rings. The van der Waals surface area contributed by atoms with Crippen LogP contribution >= 0.6 is 27.5 Å². The Hall–Kier alpha value is -1.47. The number of benzene rings is 1. The van der Waals surface area contributed by atoms with Gasteiger partial charge in [-0.05, 0) is 51.6 Å². The number of nitrogens with one attached hydrogen (secondary N) is 1. The van der Waals surface area contributed by atoms with Crippen molar-refractivity contribution in [1.82, 2.24) is 9.59 Å². The Morgan fingerprint density at radius 3 is 2.89 bits per heavy atom. The lowest BCUT2D eigenvalue weighted by molar-refractivity contribution is 0.102. The number of nitrogens with zero attached hydrogens (tertiary/aromatic N) is 2. The van der Waals surface area contributed by atoms with Crippen LogP contribution in [0.2, 0.25) is 0 Å². The highest BCUT2D eigenvalue weighted by atomic mass is 79.9. The Balaban J connectivity index is 2.26. The van der Waals surface area contributed by atoms with E-state index in [-0.39, 0.29) is 11.8 Å². The molecule has 1 aromatic carbocycles. The van der Waals surface area contributed by atoms with Crippen molar-refractivity contribution < 1.29 is 4.79 Å². The molecule has 0 saturated carbocycles. The third kappa shape index (κ3) is 3.10. The molecular formula is C12H13BrN4OS. The van der Waals surface area contributed by atoms with Gasteiger partial charge >= 0.3 is 0 Å². The number of amides is 1. The Kier molecular flexibility index (Phi) is 4.16. The summed E-state index contributed by atoms with van der Waals surface area (Å²) >= 11 is 4.47. The van der Waals surface area contributed by atoms with Crippen LogP contribution in [0, 0.1) is 0 Å². The summed E-state index contributed by atoms with van der Waals surface area (Å²) in [6.45, 7) is 3.95. The maximum atomic E-state index is 12.2. The molecule has 0 aliphatic rings. The third-order valence-corrected chi connectivity index (χ3v) is 3.94. The van der Waals surface area contributed by atoms with Gasteiger partial charge in [-0.2, -0.15) is 0 Å². The molecule has 0 radical (unpaired) electrons. The number of aromatic nitrogens is 2. The van der Waals surface area contributed by atoms with Gasteiger partial charge in [0.15, 0.2) is 0 Å². The van der Waals surface area contributed by atoms with Gasteiger partial charge in [-0.1, -0.05) is 18.3 Å². The summed E-state index contributed by atoms with van der Waals surface area (Å²) in [6.07, 6.45) is 0. The van der Waals surface area contributed by atoms with E-state index in [1.165, 1.54) is 0 Å². The van der Waals surface area contributed by atoms with Crippen LogP contribution in [0.1, 0.15) is 35.1 Å². The predicted octanol–water partition coefficient (Wildman–Crippen LogP) is 3.26. The summed E-state index contributed by atoms with van der Waals surface area (Å²) in [5.74, 6) is -0.0613. The zero-order chi connectivity index (χ0) is 14.0. The van der Waals surface area contributed by atoms with Gasteiger partial charge in [0.05, 0.1) is 11.4 Å². The lowest BCUT2D eigenvalue weighted by atomic mass is 10.1. The maximum Gasteiger partial charge on any atom is 0.269 e. The summed E-state index contributed by atoms with van der Waals surface area (Å²) in [7, 11) is 0. The second kappa shape index (κ2) is 5.66. The molecule has 0 unspecified atom stereocenters. The van der Waals surface area contributed by atoms with Crippen molar-refractivity contribution in [3.05, 3.63) is 33.2 Å². The highest BCUT2D eigenvalue weighted by Gasteiger charge is 2.19. The van der Waals surface area contributed by atoms with E-state index in [2.05, 4.69) is 30.8 Å². The quantitative estimate of drug-likeness (QED) is 0.840. The number of carbonyl (C=O) groups excluding carboxylic acids is 1. The zero-order valence-electron chi connectivity index (χ0n) is 10.5. The highest BCUT2D eigenvalue weighted by Crippen LogP contribution is 2.27. The normalized spacial score (nSPS) is 10.7. The fraction of sp³-hybridized carbons (Fsp3) is 0.250. The van der Waals surface area contributed by atoms with Crippen molar-refractivity contribution in [3.63, 3.8) is 0 Å². The summed E-state index contributed by atoms with van der Waals surface area (Å²) in [5.41, 5.74) is 7.64. The van der Waals surface area contributed by atoms with Crippen molar-refractivity contribution in [2.45, 2.75) is 19.8 Å². The SMILES string of the molecule is CC(C)c1nnsc1C(=O)Nc1cc(N)ccc1Br. The molecule has 0 spiro atoms. The average molecular weight is 341 g/mol. The molecular weight excluding hydrogens is 328 g/mol. The number of halogens is 1. The van der Waals surface area contributed by atoms with Crippen LogP contribution < -0.4 is 11.1 Å². The van der Waals surface area contributed by atoms with Crippen LogP contribution in [-0.2, 0) is 0 Å². The van der Waals surface area contributed by atoms with Gasteiger partial charge < -0.3 is 11.1 Å². The third-order valence-electron chi connectivity index (χ3n) is 2.51. The number of anilines is 2. The summed E-state index contributed by atoms with van der Waals surface area (Å²) in [4.78, 5) is 12.8. The van der Waals surface area contributed by atoms with Crippen LogP contribution in [0.4, 0.5) is 11.4 Å². The standard InChI is InChI=1S/C12H13BrN4OS/c1-6(2)10-11(19-17-16-10)12(18)15-9-5-7(14)3-4-8(9)13/h3-6H,14H2,1-2H3,(H,15,18). The molecule has 2 aromatic rings. The van der Waals surface area contributed by atoms with E-state index in [4.69, 9.17) is 5.73 Å². The fourth-order valence-corrected chi connectivity index (χ4v) is 2.61. The van der Waals surface area contributed by atoms with Gasteiger partial charge in [0.25, 0.3) is 5.91 Å². The topological polar surface area (TPSA) is 80.9 Å². The number of hydrogen-bond donors (Lipinski definition) is 2.